The normalized spacial score (nSPS) is 19.6. The summed E-state index contributed by atoms with van der Waals surface area (Å²) < 4.78 is 0. The number of benzene rings is 1. The third-order valence-electron chi connectivity index (χ3n) is 4.43. The third kappa shape index (κ3) is 5.45. The van der Waals surface area contributed by atoms with Crippen LogP contribution in [-0.4, -0.2) is 79.1 Å². The highest BCUT2D eigenvalue weighted by Crippen LogP contribution is 2.17. The Labute approximate surface area is 153 Å². The molecule has 1 heterocycles. The molecule has 0 bridgehead atoms. The van der Waals surface area contributed by atoms with Gasteiger partial charge in [0.1, 0.15) is 0 Å². The van der Waals surface area contributed by atoms with Crippen LogP contribution in [0.3, 0.4) is 0 Å². The van der Waals surface area contributed by atoms with Crippen LogP contribution in [0.1, 0.15) is 16.8 Å². The number of hydrogen-bond acceptors (Lipinski definition) is 4. The van der Waals surface area contributed by atoms with Gasteiger partial charge in [-0.2, -0.15) is 0 Å². The van der Waals surface area contributed by atoms with Crippen LogP contribution in [0, 0.1) is 5.92 Å². The molecule has 0 aromatic heterocycles. The zero-order valence-electron chi connectivity index (χ0n) is 15.1. The Balaban J connectivity index is 1.76. The number of likely N-dealkylation sites (tertiary alicyclic amines) is 1. The molecule has 1 saturated heterocycles. The number of nitrogens with zero attached hydrogens (tertiary/aromatic N) is 2. The summed E-state index contributed by atoms with van der Waals surface area (Å²) in [6, 6.07) is 8.47. The maximum atomic E-state index is 12.3. The molecule has 2 atom stereocenters. The number of aliphatic hydroxyl groups excluding tert-OH is 1. The van der Waals surface area contributed by atoms with Crippen molar-refractivity contribution in [2.75, 3.05) is 40.3 Å². The average molecular weight is 362 g/mol. The van der Waals surface area contributed by atoms with Gasteiger partial charge >= 0.3 is 6.03 Å². The largest absolute Gasteiger partial charge is 0.391 e. The van der Waals surface area contributed by atoms with Gasteiger partial charge in [0, 0.05) is 45.2 Å². The fourth-order valence-electron chi connectivity index (χ4n) is 2.78. The van der Waals surface area contributed by atoms with E-state index in [0.717, 1.165) is 0 Å². The van der Waals surface area contributed by atoms with Gasteiger partial charge in [0.15, 0.2) is 0 Å². The summed E-state index contributed by atoms with van der Waals surface area (Å²) in [7, 11) is 3.30. The Bertz CT molecular complexity index is 635. The van der Waals surface area contributed by atoms with E-state index in [0.29, 0.717) is 25.1 Å². The van der Waals surface area contributed by atoms with Gasteiger partial charge in [0.05, 0.1) is 12.6 Å². The highest BCUT2D eigenvalue weighted by Gasteiger charge is 2.30. The van der Waals surface area contributed by atoms with Crippen LogP contribution in [-0.2, 0) is 4.79 Å². The molecule has 0 spiro atoms. The number of carbonyl (C=O) groups is 3. The van der Waals surface area contributed by atoms with Crippen molar-refractivity contribution in [3.8, 4) is 0 Å². The molecule has 2 rings (SSSR count). The van der Waals surface area contributed by atoms with E-state index in [-0.39, 0.29) is 36.9 Å². The summed E-state index contributed by atoms with van der Waals surface area (Å²) in [6.07, 6.45) is -0.118. The van der Waals surface area contributed by atoms with Crippen molar-refractivity contribution < 1.29 is 19.5 Å². The number of rotatable bonds is 5. The van der Waals surface area contributed by atoms with E-state index in [1.54, 1.807) is 43.3 Å². The smallest absolute Gasteiger partial charge is 0.316 e. The third-order valence-corrected chi connectivity index (χ3v) is 4.43. The number of nitrogens with one attached hydrogen (secondary N) is 2. The second-order valence-corrected chi connectivity index (χ2v) is 6.59. The second kappa shape index (κ2) is 9.19. The lowest BCUT2D eigenvalue weighted by molar-refractivity contribution is -0.134. The van der Waals surface area contributed by atoms with E-state index in [1.807, 2.05) is 6.07 Å². The highest BCUT2D eigenvalue weighted by molar-refractivity contribution is 5.96. The zero-order chi connectivity index (χ0) is 19.1. The maximum Gasteiger partial charge on any atom is 0.316 e. The molecule has 1 fully saturated rings. The molecule has 1 aliphatic rings. The van der Waals surface area contributed by atoms with E-state index >= 15 is 0 Å². The van der Waals surface area contributed by atoms with Crippen LogP contribution >= 0.6 is 0 Å². The summed E-state index contributed by atoms with van der Waals surface area (Å²) in [5.74, 6) is -0.633. The molecule has 1 aliphatic heterocycles. The fourth-order valence-corrected chi connectivity index (χ4v) is 2.78. The molecule has 1 aromatic rings. The van der Waals surface area contributed by atoms with Gasteiger partial charge in [0.2, 0.25) is 5.91 Å². The molecule has 0 unspecified atom stereocenters. The maximum absolute atomic E-state index is 12.3. The van der Waals surface area contributed by atoms with E-state index < -0.39 is 6.10 Å². The number of β-amino-alcohol motifs (C(OH)–C–C–N with tert-alkyl or cyclic N) is 1. The lowest BCUT2D eigenvalue weighted by Gasteiger charge is -2.36. The first-order chi connectivity index (χ1) is 12.4. The van der Waals surface area contributed by atoms with Gasteiger partial charge < -0.3 is 25.5 Å². The summed E-state index contributed by atoms with van der Waals surface area (Å²) in [5, 5.41) is 15.6. The molecule has 142 valence electrons. The molecule has 3 N–H and O–H groups in total. The van der Waals surface area contributed by atoms with Crippen LogP contribution in [0.2, 0.25) is 0 Å². The van der Waals surface area contributed by atoms with Crippen LogP contribution in [0.25, 0.3) is 0 Å². The summed E-state index contributed by atoms with van der Waals surface area (Å²) in [4.78, 5) is 38.8. The molecule has 0 saturated carbocycles. The SMILES string of the molecule is CN(C)C(=O)NC[C@@H]1CCN(C(=O)CNC(=O)c2ccccc2)C[C@H]1O. The van der Waals surface area contributed by atoms with Gasteiger partial charge in [-0.1, -0.05) is 18.2 Å². The predicted molar refractivity (Wildman–Crippen MR) is 96.6 cm³/mol. The van der Waals surface area contributed by atoms with Gasteiger partial charge in [-0.3, -0.25) is 9.59 Å². The second-order valence-electron chi connectivity index (χ2n) is 6.59. The minimum Gasteiger partial charge on any atom is -0.391 e. The van der Waals surface area contributed by atoms with E-state index in [9.17, 15) is 19.5 Å². The van der Waals surface area contributed by atoms with E-state index in [4.69, 9.17) is 0 Å². The Morgan fingerprint density at radius 3 is 2.50 bits per heavy atom. The van der Waals surface area contributed by atoms with Gasteiger partial charge in [-0.05, 0) is 18.6 Å². The molecular formula is C18H26N4O4. The minimum absolute atomic E-state index is 0.0955. The van der Waals surface area contributed by atoms with Gasteiger partial charge in [0.25, 0.3) is 5.91 Å². The van der Waals surface area contributed by atoms with Crippen molar-refractivity contribution in [3.05, 3.63) is 35.9 Å². The number of amides is 4. The summed E-state index contributed by atoms with van der Waals surface area (Å²) in [5.41, 5.74) is 0.496. The zero-order valence-corrected chi connectivity index (χ0v) is 15.1. The van der Waals surface area contributed by atoms with Crippen molar-refractivity contribution in [1.82, 2.24) is 20.4 Å². The molecule has 8 nitrogen and oxygen atoms in total. The first-order valence-electron chi connectivity index (χ1n) is 8.62. The molecule has 4 amide bonds. The van der Waals surface area contributed by atoms with Crippen LogP contribution in [0.4, 0.5) is 4.79 Å². The first kappa shape index (κ1) is 19.7. The highest BCUT2D eigenvalue weighted by atomic mass is 16.3. The Morgan fingerprint density at radius 1 is 1.19 bits per heavy atom. The van der Waals surface area contributed by atoms with Gasteiger partial charge in [-0.15, -0.1) is 0 Å². The lowest BCUT2D eigenvalue weighted by Crippen LogP contribution is -2.52. The Morgan fingerprint density at radius 2 is 1.88 bits per heavy atom. The average Bonchev–Trinajstić information content (AvgIpc) is 2.65. The monoisotopic (exact) mass is 362 g/mol. The minimum atomic E-state index is -0.708. The molecule has 8 heteroatoms. The lowest BCUT2D eigenvalue weighted by atomic mass is 9.93. The number of urea groups is 1. The molecule has 1 aromatic carbocycles. The molecular weight excluding hydrogens is 336 g/mol. The quantitative estimate of drug-likeness (QED) is 0.681. The van der Waals surface area contributed by atoms with Crippen LogP contribution < -0.4 is 10.6 Å². The van der Waals surface area contributed by atoms with Crippen molar-refractivity contribution >= 4 is 17.8 Å². The fraction of sp³-hybridized carbons (Fsp3) is 0.500. The van der Waals surface area contributed by atoms with Crippen molar-refractivity contribution in [3.63, 3.8) is 0 Å². The number of piperidine rings is 1. The molecule has 0 radical (unpaired) electrons. The summed E-state index contributed by atoms with van der Waals surface area (Å²) >= 11 is 0. The van der Waals surface area contributed by atoms with Crippen molar-refractivity contribution in [2.45, 2.75) is 12.5 Å². The first-order valence-corrected chi connectivity index (χ1v) is 8.62. The van der Waals surface area contributed by atoms with Crippen molar-refractivity contribution in [2.24, 2.45) is 5.92 Å². The van der Waals surface area contributed by atoms with Crippen molar-refractivity contribution in [1.29, 1.82) is 0 Å². The Kier molecular flexibility index (Phi) is 6.97. The summed E-state index contributed by atoms with van der Waals surface area (Å²) in [6.45, 7) is 0.940. The molecule has 26 heavy (non-hydrogen) atoms. The van der Waals surface area contributed by atoms with Crippen LogP contribution in [0.5, 0.6) is 0 Å². The topological polar surface area (TPSA) is 102 Å². The Hall–Kier alpha value is -2.61. The number of hydrogen-bond donors (Lipinski definition) is 3. The van der Waals surface area contributed by atoms with E-state index in [1.165, 1.54) is 4.90 Å². The van der Waals surface area contributed by atoms with Crippen LogP contribution in [0.15, 0.2) is 30.3 Å². The predicted octanol–water partition coefficient (Wildman–Crippen LogP) is -0.103. The number of carbonyl (C=O) groups excluding carboxylic acids is 3. The standard InChI is InChI=1S/C18H26N4O4/c1-21(2)18(26)20-10-14-8-9-22(12-15(14)23)16(24)11-19-17(25)13-6-4-3-5-7-13/h3-7,14-15,23H,8-12H2,1-2H3,(H,19,25)(H,20,26)/t14-,15+/m0/s1. The van der Waals surface area contributed by atoms with E-state index in [2.05, 4.69) is 10.6 Å². The van der Waals surface area contributed by atoms with Gasteiger partial charge in [-0.25, -0.2) is 4.79 Å². The number of aliphatic hydroxyl groups is 1. The molecule has 0 aliphatic carbocycles.